The molecule has 8 nitrogen and oxygen atoms in total. The summed E-state index contributed by atoms with van der Waals surface area (Å²) in [5.74, 6) is 0.954. The van der Waals surface area contributed by atoms with Gasteiger partial charge in [-0.3, -0.25) is 4.79 Å². The van der Waals surface area contributed by atoms with Crippen LogP contribution in [0.15, 0.2) is 54.7 Å². The molecule has 0 spiro atoms. The van der Waals surface area contributed by atoms with Gasteiger partial charge in [0.05, 0.1) is 23.7 Å². The van der Waals surface area contributed by atoms with Gasteiger partial charge in [0.15, 0.2) is 0 Å². The van der Waals surface area contributed by atoms with Gasteiger partial charge in [0, 0.05) is 29.9 Å². The maximum atomic E-state index is 12.7. The second-order valence-electron chi connectivity index (χ2n) is 8.25. The fourth-order valence-electron chi connectivity index (χ4n) is 3.85. The minimum atomic E-state index is -0.143. The Hall–Kier alpha value is -3.91. The second kappa shape index (κ2) is 9.30. The number of aromatic amines is 1. The number of nitrogens with zero attached hydrogens (tertiary/aromatic N) is 3. The van der Waals surface area contributed by atoms with Gasteiger partial charge in [-0.15, -0.1) is 0 Å². The number of ether oxygens (including phenoxy) is 1. The number of aromatic nitrogens is 3. The molecule has 0 aliphatic carbocycles. The van der Waals surface area contributed by atoms with Crippen LogP contribution in [0.25, 0.3) is 33.5 Å². The van der Waals surface area contributed by atoms with E-state index in [1.165, 1.54) is 0 Å². The zero-order chi connectivity index (χ0) is 23.5. The average molecular weight is 446 g/mol. The van der Waals surface area contributed by atoms with Gasteiger partial charge in [0.1, 0.15) is 11.6 Å². The highest BCUT2D eigenvalue weighted by Crippen LogP contribution is 2.35. The average Bonchev–Trinajstić information content (AvgIpc) is 3.22. The minimum Gasteiger partial charge on any atom is -0.507 e. The third kappa shape index (κ3) is 4.80. The van der Waals surface area contributed by atoms with Crippen LogP contribution >= 0.6 is 0 Å². The molecule has 0 radical (unpaired) electrons. The molecule has 0 saturated carbocycles. The molecular formula is C25H27N5O3. The number of amides is 1. The number of hydrogen-bond acceptors (Lipinski definition) is 6. The number of carbonyl (C=O) groups is 1. The highest BCUT2D eigenvalue weighted by Gasteiger charge is 2.16. The Morgan fingerprint density at radius 1 is 1.18 bits per heavy atom. The molecule has 1 unspecified atom stereocenters. The lowest BCUT2D eigenvalue weighted by molar-refractivity contribution is 0.0934. The van der Waals surface area contributed by atoms with E-state index in [0.717, 1.165) is 17.7 Å². The number of carbonyl (C=O) groups excluding carboxylic acids is 1. The number of rotatable bonds is 7. The van der Waals surface area contributed by atoms with Crippen LogP contribution in [0, 0.1) is 0 Å². The SMILES string of the molecule is COc1ncccc1-c1ccc(O)c(-c2nc3ccc(C(=O)NC(C)CN(C)C)cc3[nH]2)c1. The van der Waals surface area contributed by atoms with Crippen molar-refractivity contribution in [3.05, 3.63) is 60.3 Å². The highest BCUT2D eigenvalue weighted by atomic mass is 16.5. The molecule has 170 valence electrons. The first kappa shape index (κ1) is 22.3. The van der Waals surface area contributed by atoms with Crippen molar-refractivity contribution in [2.24, 2.45) is 0 Å². The topological polar surface area (TPSA) is 103 Å². The van der Waals surface area contributed by atoms with Crippen LogP contribution in [0.4, 0.5) is 0 Å². The van der Waals surface area contributed by atoms with Crippen molar-refractivity contribution in [2.45, 2.75) is 13.0 Å². The molecule has 0 saturated heterocycles. The first-order valence-electron chi connectivity index (χ1n) is 10.6. The van der Waals surface area contributed by atoms with Crippen LogP contribution in [0.3, 0.4) is 0 Å². The third-order valence-electron chi connectivity index (χ3n) is 5.29. The second-order valence-corrected chi connectivity index (χ2v) is 8.25. The number of phenols is 1. The number of nitrogens with one attached hydrogen (secondary N) is 2. The van der Waals surface area contributed by atoms with Gasteiger partial charge in [0.2, 0.25) is 5.88 Å². The highest BCUT2D eigenvalue weighted by molar-refractivity contribution is 5.98. The standard InChI is InChI=1S/C25H27N5O3/c1-15(14-30(2)3)27-24(32)17-7-9-20-21(13-17)29-23(28-20)19-12-16(8-10-22(19)31)18-6-5-11-26-25(18)33-4/h5-13,15,31H,14H2,1-4H3,(H,27,32)(H,28,29). The molecule has 0 fully saturated rings. The Morgan fingerprint density at radius 2 is 2.00 bits per heavy atom. The van der Waals surface area contributed by atoms with E-state index < -0.39 is 0 Å². The normalized spacial score (nSPS) is 12.2. The first-order valence-corrected chi connectivity index (χ1v) is 10.6. The van der Waals surface area contributed by atoms with Crippen molar-refractivity contribution in [1.82, 2.24) is 25.2 Å². The molecule has 2 aromatic carbocycles. The first-order chi connectivity index (χ1) is 15.9. The van der Waals surface area contributed by atoms with E-state index in [1.807, 2.05) is 44.1 Å². The van der Waals surface area contributed by atoms with Gasteiger partial charge in [-0.2, -0.15) is 0 Å². The molecule has 0 aliphatic heterocycles. The summed E-state index contributed by atoms with van der Waals surface area (Å²) in [6.45, 7) is 2.72. The van der Waals surface area contributed by atoms with E-state index in [-0.39, 0.29) is 17.7 Å². The Kier molecular flexibility index (Phi) is 6.28. The molecule has 0 aliphatic rings. The van der Waals surface area contributed by atoms with Gasteiger partial charge in [-0.25, -0.2) is 9.97 Å². The monoisotopic (exact) mass is 445 g/mol. The van der Waals surface area contributed by atoms with Crippen LogP contribution < -0.4 is 10.1 Å². The smallest absolute Gasteiger partial charge is 0.251 e. The summed E-state index contributed by atoms with van der Waals surface area (Å²) < 4.78 is 5.37. The predicted octanol–water partition coefficient (Wildman–Crippen LogP) is 3.69. The summed E-state index contributed by atoms with van der Waals surface area (Å²) in [6, 6.07) is 14.3. The van der Waals surface area contributed by atoms with E-state index in [2.05, 4.69) is 20.3 Å². The number of phenolic OH excluding ortho intramolecular Hbond substituents is 1. The summed E-state index contributed by atoms with van der Waals surface area (Å²) in [5, 5.41) is 13.5. The zero-order valence-electron chi connectivity index (χ0n) is 19.1. The predicted molar refractivity (Wildman–Crippen MR) is 128 cm³/mol. The largest absolute Gasteiger partial charge is 0.507 e. The molecule has 0 bridgehead atoms. The fourth-order valence-corrected chi connectivity index (χ4v) is 3.85. The van der Waals surface area contributed by atoms with Crippen molar-refractivity contribution >= 4 is 16.9 Å². The molecular weight excluding hydrogens is 418 g/mol. The minimum absolute atomic E-state index is 0.0182. The zero-order valence-corrected chi connectivity index (χ0v) is 19.1. The van der Waals surface area contributed by atoms with E-state index in [0.29, 0.717) is 33.9 Å². The lowest BCUT2D eigenvalue weighted by atomic mass is 10.0. The van der Waals surface area contributed by atoms with E-state index in [1.54, 1.807) is 43.6 Å². The third-order valence-corrected chi connectivity index (χ3v) is 5.29. The number of aromatic hydroxyl groups is 1. The van der Waals surface area contributed by atoms with Crippen LogP contribution in [0.5, 0.6) is 11.6 Å². The van der Waals surface area contributed by atoms with Gasteiger partial charge in [0.25, 0.3) is 5.91 Å². The summed E-state index contributed by atoms with van der Waals surface area (Å²) in [4.78, 5) is 26.8. The van der Waals surface area contributed by atoms with Gasteiger partial charge in [-0.1, -0.05) is 6.07 Å². The van der Waals surface area contributed by atoms with Gasteiger partial charge >= 0.3 is 0 Å². The summed E-state index contributed by atoms with van der Waals surface area (Å²) >= 11 is 0. The molecule has 3 N–H and O–H groups in total. The molecule has 2 aromatic heterocycles. The Labute approximate surface area is 192 Å². The van der Waals surface area contributed by atoms with Crippen LogP contribution in [-0.4, -0.2) is 64.7 Å². The summed E-state index contributed by atoms with van der Waals surface area (Å²) in [6.07, 6.45) is 1.66. The lowest BCUT2D eigenvalue weighted by Crippen LogP contribution is -2.39. The Morgan fingerprint density at radius 3 is 2.76 bits per heavy atom. The van der Waals surface area contributed by atoms with Crippen LogP contribution in [0.2, 0.25) is 0 Å². The van der Waals surface area contributed by atoms with Crippen molar-refractivity contribution in [3.63, 3.8) is 0 Å². The number of pyridine rings is 1. The number of H-pyrrole nitrogens is 1. The van der Waals surface area contributed by atoms with Crippen molar-refractivity contribution in [2.75, 3.05) is 27.7 Å². The van der Waals surface area contributed by atoms with Crippen LogP contribution in [0.1, 0.15) is 17.3 Å². The fraction of sp³-hybridized carbons (Fsp3) is 0.240. The number of methoxy groups -OCH3 is 1. The molecule has 1 atom stereocenters. The lowest BCUT2D eigenvalue weighted by Gasteiger charge is -2.18. The number of imidazole rings is 1. The molecule has 8 heteroatoms. The summed E-state index contributed by atoms with van der Waals surface area (Å²) in [7, 11) is 5.51. The Balaban J connectivity index is 1.66. The number of benzene rings is 2. The maximum Gasteiger partial charge on any atom is 0.251 e. The molecule has 33 heavy (non-hydrogen) atoms. The van der Waals surface area contributed by atoms with Crippen molar-refractivity contribution in [1.29, 1.82) is 0 Å². The maximum absolute atomic E-state index is 12.7. The van der Waals surface area contributed by atoms with E-state index in [4.69, 9.17) is 4.74 Å². The molecule has 4 aromatic rings. The van der Waals surface area contributed by atoms with Crippen molar-refractivity contribution in [3.8, 4) is 34.1 Å². The molecule has 2 heterocycles. The molecule has 1 amide bonds. The van der Waals surface area contributed by atoms with Gasteiger partial charge < -0.3 is 25.0 Å². The number of hydrogen-bond donors (Lipinski definition) is 3. The Bertz CT molecular complexity index is 1300. The molecule has 4 rings (SSSR count). The van der Waals surface area contributed by atoms with Crippen LogP contribution in [-0.2, 0) is 0 Å². The number of fused-ring (bicyclic) bond motifs is 1. The van der Waals surface area contributed by atoms with E-state index >= 15 is 0 Å². The van der Waals surface area contributed by atoms with E-state index in [9.17, 15) is 9.90 Å². The number of likely N-dealkylation sites (N-methyl/N-ethyl adjacent to an activating group) is 1. The van der Waals surface area contributed by atoms with Crippen molar-refractivity contribution < 1.29 is 14.6 Å². The van der Waals surface area contributed by atoms with Gasteiger partial charge in [-0.05, 0) is 69.0 Å². The summed E-state index contributed by atoms with van der Waals surface area (Å²) in [5.41, 5.74) is 4.14. The quantitative estimate of drug-likeness (QED) is 0.401.